The molecule has 1 saturated heterocycles. The van der Waals surface area contributed by atoms with Gasteiger partial charge in [-0.3, -0.25) is 9.59 Å². The Hall–Kier alpha value is -2.28. The van der Waals surface area contributed by atoms with Crippen LogP contribution in [-0.2, 0) is 14.3 Å². The van der Waals surface area contributed by atoms with Gasteiger partial charge in [0.1, 0.15) is 5.75 Å². The maximum Gasteiger partial charge on any atom is 0.226 e. The third-order valence-corrected chi connectivity index (χ3v) is 5.07. The van der Waals surface area contributed by atoms with E-state index in [4.69, 9.17) is 9.47 Å². The van der Waals surface area contributed by atoms with Gasteiger partial charge in [-0.25, -0.2) is 0 Å². The summed E-state index contributed by atoms with van der Waals surface area (Å²) >= 11 is 0. The molecule has 2 unspecified atom stereocenters. The lowest BCUT2D eigenvalue weighted by atomic mass is 10.2. The first-order valence-electron chi connectivity index (χ1n) is 9.09. The second-order valence-electron chi connectivity index (χ2n) is 6.72. The van der Waals surface area contributed by atoms with E-state index in [0.29, 0.717) is 32.7 Å². The molecule has 1 aliphatic carbocycles. The Bertz CT molecular complexity index is 643. The molecule has 2 atom stereocenters. The molecule has 0 spiro atoms. The molecule has 3 rings (SSSR count). The lowest BCUT2D eigenvalue weighted by molar-refractivity contribution is -0.135. The predicted molar refractivity (Wildman–Crippen MR) is 98.3 cm³/mol. The van der Waals surface area contributed by atoms with Crippen molar-refractivity contribution < 1.29 is 19.1 Å². The third kappa shape index (κ3) is 4.09. The van der Waals surface area contributed by atoms with Crippen molar-refractivity contribution in [2.24, 2.45) is 11.8 Å². The van der Waals surface area contributed by atoms with Crippen molar-refractivity contribution in [1.82, 2.24) is 10.2 Å². The Morgan fingerprint density at radius 1 is 1.12 bits per heavy atom. The van der Waals surface area contributed by atoms with Gasteiger partial charge in [0.05, 0.1) is 31.2 Å². The Balaban J connectivity index is 1.48. The molecule has 1 aliphatic heterocycles. The molecule has 7 nitrogen and oxygen atoms in total. The molecule has 2 aliphatic rings. The maximum absolute atomic E-state index is 12.6. The van der Waals surface area contributed by atoms with Gasteiger partial charge in [0.25, 0.3) is 0 Å². The van der Waals surface area contributed by atoms with Crippen LogP contribution in [0.5, 0.6) is 5.75 Å². The average molecular weight is 361 g/mol. The number of nitrogens with zero attached hydrogens (tertiary/aromatic N) is 2. The van der Waals surface area contributed by atoms with Crippen molar-refractivity contribution in [1.29, 1.82) is 0 Å². The van der Waals surface area contributed by atoms with Crippen LogP contribution < -0.4 is 15.0 Å². The van der Waals surface area contributed by atoms with E-state index >= 15 is 0 Å². The molecule has 1 saturated carbocycles. The number of rotatable bonds is 7. The van der Waals surface area contributed by atoms with Crippen LogP contribution in [0.3, 0.4) is 0 Å². The van der Waals surface area contributed by atoms with Gasteiger partial charge in [-0.15, -0.1) is 0 Å². The van der Waals surface area contributed by atoms with Gasteiger partial charge in [0, 0.05) is 39.8 Å². The highest BCUT2D eigenvalue weighted by molar-refractivity contribution is 5.92. The summed E-state index contributed by atoms with van der Waals surface area (Å²) in [4.78, 5) is 28.8. The average Bonchev–Trinajstić information content (AvgIpc) is 3.48. The van der Waals surface area contributed by atoms with E-state index in [1.807, 2.05) is 29.2 Å². The van der Waals surface area contributed by atoms with Crippen molar-refractivity contribution in [3.8, 4) is 5.75 Å². The van der Waals surface area contributed by atoms with Crippen LogP contribution in [0.1, 0.15) is 6.42 Å². The van der Waals surface area contributed by atoms with Crippen LogP contribution in [0.2, 0.25) is 0 Å². The zero-order valence-corrected chi connectivity index (χ0v) is 15.4. The molecule has 0 aromatic heterocycles. The highest BCUT2D eigenvalue weighted by Crippen LogP contribution is 2.40. The molecule has 1 aromatic carbocycles. The smallest absolute Gasteiger partial charge is 0.226 e. The van der Waals surface area contributed by atoms with Crippen LogP contribution in [0.15, 0.2) is 24.3 Å². The fraction of sp³-hybridized carbons (Fsp3) is 0.579. The molecule has 26 heavy (non-hydrogen) atoms. The normalized spacial score (nSPS) is 22.1. The van der Waals surface area contributed by atoms with Gasteiger partial charge in [0.15, 0.2) is 0 Å². The second-order valence-corrected chi connectivity index (χ2v) is 6.72. The van der Waals surface area contributed by atoms with Crippen molar-refractivity contribution in [2.75, 3.05) is 58.5 Å². The molecule has 7 heteroatoms. The maximum atomic E-state index is 12.6. The van der Waals surface area contributed by atoms with Crippen molar-refractivity contribution >= 4 is 17.5 Å². The first-order valence-corrected chi connectivity index (χ1v) is 9.09. The number of para-hydroxylation sites is 2. The highest BCUT2D eigenvalue weighted by Gasteiger charge is 2.49. The van der Waals surface area contributed by atoms with Crippen molar-refractivity contribution in [2.45, 2.75) is 6.42 Å². The molecule has 2 amide bonds. The number of anilines is 1. The molecule has 2 fully saturated rings. The number of nitrogens with one attached hydrogen (secondary N) is 1. The van der Waals surface area contributed by atoms with E-state index in [1.165, 1.54) is 0 Å². The molecule has 1 aromatic rings. The lowest BCUT2D eigenvalue weighted by Gasteiger charge is -2.36. The summed E-state index contributed by atoms with van der Waals surface area (Å²) < 4.78 is 10.3. The van der Waals surface area contributed by atoms with Gasteiger partial charge in [-0.05, 0) is 18.6 Å². The number of amides is 2. The molecule has 1 N–H and O–H groups in total. The standard InChI is InChI=1S/C19H27N3O4/c1-25-12-7-20-18(23)14-13-15(14)19(24)22-10-8-21(9-11-22)16-5-3-4-6-17(16)26-2/h3-6,14-15H,7-13H2,1-2H3,(H,20,23). The molecule has 142 valence electrons. The van der Waals surface area contributed by atoms with Gasteiger partial charge in [-0.2, -0.15) is 0 Å². The number of carbonyl (C=O) groups excluding carboxylic acids is 2. The molecule has 0 bridgehead atoms. The predicted octanol–water partition coefficient (Wildman–Crippen LogP) is 0.743. The fourth-order valence-electron chi connectivity index (χ4n) is 3.46. The lowest BCUT2D eigenvalue weighted by Crippen LogP contribution is -2.49. The summed E-state index contributed by atoms with van der Waals surface area (Å²) in [6, 6.07) is 7.93. The summed E-state index contributed by atoms with van der Waals surface area (Å²) in [5.74, 6) is 0.592. The van der Waals surface area contributed by atoms with E-state index in [-0.39, 0.29) is 23.7 Å². The highest BCUT2D eigenvalue weighted by atomic mass is 16.5. The third-order valence-electron chi connectivity index (χ3n) is 5.07. The van der Waals surface area contributed by atoms with Crippen molar-refractivity contribution in [3.05, 3.63) is 24.3 Å². The minimum atomic E-state index is -0.174. The number of piperazine rings is 1. The first kappa shape index (κ1) is 18.5. The summed E-state index contributed by atoms with van der Waals surface area (Å²) in [6.07, 6.45) is 0.657. The number of carbonyl (C=O) groups is 2. The number of hydrogen-bond acceptors (Lipinski definition) is 5. The van der Waals surface area contributed by atoms with Gasteiger partial charge >= 0.3 is 0 Å². The summed E-state index contributed by atoms with van der Waals surface area (Å²) in [6.45, 7) is 3.86. The van der Waals surface area contributed by atoms with Crippen LogP contribution in [0.25, 0.3) is 0 Å². The van der Waals surface area contributed by atoms with E-state index < -0.39 is 0 Å². The molecule has 1 heterocycles. The van der Waals surface area contributed by atoms with Crippen LogP contribution in [0.4, 0.5) is 5.69 Å². The monoisotopic (exact) mass is 361 g/mol. The Labute approximate surface area is 154 Å². The summed E-state index contributed by atoms with van der Waals surface area (Å²) in [5.41, 5.74) is 1.06. The first-order chi connectivity index (χ1) is 12.7. The molecular weight excluding hydrogens is 334 g/mol. The zero-order valence-electron chi connectivity index (χ0n) is 15.4. The van der Waals surface area contributed by atoms with E-state index in [0.717, 1.165) is 24.5 Å². The Morgan fingerprint density at radius 2 is 1.85 bits per heavy atom. The second kappa shape index (κ2) is 8.40. The topological polar surface area (TPSA) is 71.1 Å². The van der Waals surface area contributed by atoms with E-state index in [9.17, 15) is 9.59 Å². The summed E-state index contributed by atoms with van der Waals surface area (Å²) in [7, 11) is 3.27. The van der Waals surface area contributed by atoms with Gasteiger partial charge in [-0.1, -0.05) is 12.1 Å². The van der Waals surface area contributed by atoms with Gasteiger partial charge in [0.2, 0.25) is 11.8 Å². The Kier molecular flexibility index (Phi) is 5.98. The Morgan fingerprint density at radius 3 is 2.54 bits per heavy atom. The number of methoxy groups -OCH3 is 2. The van der Waals surface area contributed by atoms with Crippen LogP contribution >= 0.6 is 0 Å². The SMILES string of the molecule is COCCNC(=O)C1CC1C(=O)N1CCN(c2ccccc2OC)CC1. The van der Waals surface area contributed by atoms with Crippen LogP contribution in [-0.4, -0.2) is 70.3 Å². The van der Waals surface area contributed by atoms with Crippen molar-refractivity contribution in [3.63, 3.8) is 0 Å². The number of benzene rings is 1. The summed E-state index contributed by atoms with van der Waals surface area (Å²) in [5, 5.41) is 2.82. The van der Waals surface area contributed by atoms with E-state index in [1.54, 1.807) is 14.2 Å². The van der Waals surface area contributed by atoms with E-state index in [2.05, 4.69) is 10.2 Å². The van der Waals surface area contributed by atoms with Crippen LogP contribution in [0, 0.1) is 11.8 Å². The molecule has 0 radical (unpaired) electrons. The minimum Gasteiger partial charge on any atom is -0.495 e. The number of ether oxygens (including phenoxy) is 2. The fourth-order valence-corrected chi connectivity index (χ4v) is 3.46. The largest absolute Gasteiger partial charge is 0.495 e. The zero-order chi connectivity index (χ0) is 18.5. The number of hydrogen-bond donors (Lipinski definition) is 1. The van der Waals surface area contributed by atoms with Gasteiger partial charge < -0.3 is 24.6 Å². The molecular formula is C19H27N3O4. The minimum absolute atomic E-state index is 0.0342. The quantitative estimate of drug-likeness (QED) is 0.726.